The van der Waals surface area contributed by atoms with Crippen LogP contribution in [0.25, 0.3) is 0 Å². The first-order valence-electron chi connectivity index (χ1n) is 7.78. The number of rotatable bonds is 6. The molecule has 2 aromatic carbocycles. The summed E-state index contributed by atoms with van der Waals surface area (Å²) in [6.45, 7) is 2.03. The molecule has 2 aromatic rings. The van der Waals surface area contributed by atoms with E-state index in [9.17, 15) is 9.90 Å². The summed E-state index contributed by atoms with van der Waals surface area (Å²) in [5, 5.41) is 9.83. The SMILES string of the molecule is C#Cc1ccc(N=CC(Cc2ccc(O)cc2Cl)C(=O)OCC)cc1. The minimum Gasteiger partial charge on any atom is -0.508 e. The summed E-state index contributed by atoms with van der Waals surface area (Å²) in [4.78, 5) is 16.6. The van der Waals surface area contributed by atoms with Crippen molar-refractivity contribution in [3.8, 4) is 18.1 Å². The smallest absolute Gasteiger partial charge is 0.314 e. The lowest BCUT2D eigenvalue weighted by Gasteiger charge is -2.12. The van der Waals surface area contributed by atoms with E-state index < -0.39 is 5.92 Å². The van der Waals surface area contributed by atoms with Crippen molar-refractivity contribution >= 4 is 29.5 Å². The lowest BCUT2D eigenvalue weighted by atomic mass is 10.00. The number of nitrogens with zero attached hydrogens (tertiary/aromatic N) is 1. The van der Waals surface area contributed by atoms with Gasteiger partial charge in [-0.05, 0) is 55.3 Å². The normalized spacial score (nSPS) is 11.9. The van der Waals surface area contributed by atoms with Gasteiger partial charge in [-0.3, -0.25) is 9.79 Å². The number of aliphatic imine (C=N–C) groups is 1. The largest absolute Gasteiger partial charge is 0.508 e. The van der Waals surface area contributed by atoms with Gasteiger partial charge in [0.25, 0.3) is 0 Å². The molecular formula is C20H18ClNO3. The van der Waals surface area contributed by atoms with Crippen molar-refractivity contribution in [3.05, 3.63) is 58.6 Å². The lowest BCUT2D eigenvalue weighted by Crippen LogP contribution is -2.21. The third-order valence-corrected chi connectivity index (χ3v) is 3.86. The van der Waals surface area contributed by atoms with Crippen LogP contribution in [0, 0.1) is 18.3 Å². The van der Waals surface area contributed by atoms with Gasteiger partial charge in [-0.15, -0.1) is 6.42 Å². The monoisotopic (exact) mass is 355 g/mol. The van der Waals surface area contributed by atoms with E-state index >= 15 is 0 Å². The van der Waals surface area contributed by atoms with Crippen LogP contribution in [0.5, 0.6) is 5.75 Å². The number of carbonyl (C=O) groups is 1. The summed E-state index contributed by atoms with van der Waals surface area (Å²) in [6.07, 6.45) is 7.20. The summed E-state index contributed by atoms with van der Waals surface area (Å²) in [5.41, 5.74) is 2.17. The fourth-order valence-corrected chi connectivity index (χ4v) is 2.46. The van der Waals surface area contributed by atoms with Crippen LogP contribution >= 0.6 is 11.6 Å². The van der Waals surface area contributed by atoms with Crippen molar-refractivity contribution in [1.29, 1.82) is 0 Å². The second-order valence-corrected chi connectivity index (χ2v) is 5.71. The van der Waals surface area contributed by atoms with Gasteiger partial charge < -0.3 is 9.84 Å². The zero-order chi connectivity index (χ0) is 18.2. The summed E-state index contributed by atoms with van der Waals surface area (Å²) >= 11 is 6.13. The maximum absolute atomic E-state index is 12.2. The van der Waals surface area contributed by atoms with Crippen molar-refractivity contribution in [2.45, 2.75) is 13.3 Å². The van der Waals surface area contributed by atoms with Crippen molar-refractivity contribution < 1.29 is 14.6 Å². The first kappa shape index (κ1) is 18.6. The lowest BCUT2D eigenvalue weighted by molar-refractivity contribution is -0.145. The van der Waals surface area contributed by atoms with E-state index in [2.05, 4.69) is 10.9 Å². The first-order chi connectivity index (χ1) is 12.0. The van der Waals surface area contributed by atoms with E-state index in [0.717, 1.165) is 11.1 Å². The van der Waals surface area contributed by atoms with Crippen molar-refractivity contribution in [3.63, 3.8) is 0 Å². The molecular weight excluding hydrogens is 338 g/mol. The van der Waals surface area contributed by atoms with Crippen LogP contribution in [0.4, 0.5) is 5.69 Å². The van der Waals surface area contributed by atoms with E-state index in [1.807, 2.05) is 0 Å². The highest BCUT2D eigenvalue weighted by Gasteiger charge is 2.19. The molecule has 0 bridgehead atoms. The summed E-state index contributed by atoms with van der Waals surface area (Å²) in [5.74, 6) is 1.64. The van der Waals surface area contributed by atoms with Gasteiger partial charge in [0.15, 0.2) is 0 Å². The fraction of sp³-hybridized carbons (Fsp3) is 0.200. The molecule has 1 atom stereocenters. The molecule has 0 aliphatic carbocycles. The molecule has 0 fully saturated rings. The third kappa shape index (κ3) is 5.37. The number of phenolic OH excluding ortho intramolecular Hbond substituents is 1. The van der Waals surface area contributed by atoms with Gasteiger partial charge in [0.05, 0.1) is 18.2 Å². The van der Waals surface area contributed by atoms with Gasteiger partial charge in [0.2, 0.25) is 0 Å². The molecule has 0 saturated heterocycles. The zero-order valence-corrected chi connectivity index (χ0v) is 14.5. The first-order valence-corrected chi connectivity index (χ1v) is 8.16. The molecule has 5 heteroatoms. The van der Waals surface area contributed by atoms with Gasteiger partial charge in [0, 0.05) is 16.8 Å². The molecule has 0 spiro atoms. The Bertz CT molecular complexity index is 807. The van der Waals surface area contributed by atoms with Crippen LogP contribution in [-0.4, -0.2) is 23.9 Å². The third-order valence-electron chi connectivity index (χ3n) is 3.50. The molecule has 128 valence electrons. The number of hydrogen-bond acceptors (Lipinski definition) is 4. The predicted octanol–water partition coefficient (Wildman–Crippen LogP) is 4.15. The maximum Gasteiger partial charge on any atom is 0.314 e. The number of phenols is 1. The van der Waals surface area contributed by atoms with Crippen LogP contribution in [0.15, 0.2) is 47.5 Å². The average molecular weight is 356 g/mol. The fourth-order valence-electron chi connectivity index (χ4n) is 2.20. The molecule has 0 amide bonds. The second kappa shape index (κ2) is 8.91. The van der Waals surface area contributed by atoms with Crippen LogP contribution in [-0.2, 0) is 16.0 Å². The number of halogens is 1. The Kier molecular flexibility index (Phi) is 6.62. The zero-order valence-electron chi connectivity index (χ0n) is 13.8. The quantitative estimate of drug-likeness (QED) is 0.481. The Labute approximate surface area is 152 Å². The Morgan fingerprint density at radius 3 is 2.68 bits per heavy atom. The molecule has 0 aliphatic heterocycles. The molecule has 1 N–H and O–H groups in total. The summed E-state index contributed by atoms with van der Waals surface area (Å²) in [6, 6.07) is 11.8. The Morgan fingerprint density at radius 2 is 2.08 bits per heavy atom. The molecule has 0 aromatic heterocycles. The highest BCUT2D eigenvalue weighted by atomic mass is 35.5. The van der Waals surface area contributed by atoms with Crippen molar-refractivity contribution in [1.82, 2.24) is 0 Å². The second-order valence-electron chi connectivity index (χ2n) is 5.31. The number of carbonyl (C=O) groups excluding carboxylic acids is 1. The Balaban J connectivity index is 2.21. The molecule has 0 saturated carbocycles. The highest BCUT2D eigenvalue weighted by molar-refractivity contribution is 6.31. The number of hydrogen-bond donors (Lipinski definition) is 1. The van der Waals surface area contributed by atoms with Crippen molar-refractivity contribution in [2.24, 2.45) is 10.9 Å². The Morgan fingerprint density at radius 1 is 1.36 bits per heavy atom. The summed E-state index contributed by atoms with van der Waals surface area (Å²) in [7, 11) is 0. The van der Waals surface area contributed by atoms with Crippen LogP contribution in [0.1, 0.15) is 18.1 Å². The van der Waals surface area contributed by atoms with Gasteiger partial charge in [-0.25, -0.2) is 0 Å². The van der Waals surface area contributed by atoms with E-state index in [1.165, 1.54) is 12.1 Å². The van der Waals surface area contributed by atoms with Gasteiger partial charge in [-0.1, -0.05) is 23.6 Å². The molecule has 0 radical (unpaired) electrons. The van der Waals surface area contributed by atoms with Crippen LogP contribution in [0.2, 0.25) is 5.02 Å². The van der Waals surface area contributed by atoms with Gasteiger partial charge >= 0.3 is 5.97 Å². The molecule has 4 nitrogen and oxygen atoms in total. The van der Waals surface area contributed by atoms with Crippen LogP contribution in [0.3, 0.4) is 0 Å². The highest BCUT2D eigenvalue weighted by Crippen LogP contribution is 2.24. The average Bonchev–Trinajstić information content (AvgIpc) is 2.61. The van der Waals surface area contributed by atoms with E-state index in [1.54, 1.807) is 43.5 Å². The summed E-state index contributed by atoms with van der Waals surface area (Å²) < 4.78 is 5.12. The topological polar surface area (TPSA) is 58.9 Å². The number of ether oxygens (including phenoxy) is 1. The molecule has 0 heterocycles. The van der Waals surface area contributed by atoms with Gasteiger partial charge in [0.1, 0.15) is 5.75 Å². The Hall–Kier alpha value is -2.77. The minimum absolute atomic E-state index is 0.0729. The minimum atomic E-state index is -0.589. The number of esters is 1. The van der Waals surface area contributed by atoms with Gasteiger partial charge in [-0.2, -0.15) is 0 Å². The van der Waals surface area contributed by atoms with E-state index in [4.69, 9.17) is 22.8 Å². The maximum atomic E-state index is 12.2. The van der Waals surface area contributed by atoms with E-state index in [-0.39, 0.29) is 18.3 Å². The molecule has 25 heavy (non-hydrogen) atoms. The van der Waals surface area contributed by atoms with Crippen LogP contribution < -0.4 is 0 Å². The standard InChI is InChI=1S/C20H18ClNO3/c1-3-14-5-8-17(9-6-14)22-13-16(20(24)25-4-2)11-15-7-10-18(23)12-19(15)21/h1,5-10,12-13,16,23H,4,11H2,2H3. The number of terminal acetylenes is 1. The number of aromatic hydroxyl groups is 1. The predicted molar refractivity (Wildman–Crippen MR) is 99.5 cm³/mol. The van der Waals surface area contributed by atoms with E-state index in [0.29, 0.717) is 17.1 Å². The number of benzene rings is 2. The molecule has 0 aliphatic rings. The molecule has 1 unspecified atom stereocenters. The molecule has 2 rings (SSSR count). The van der Waals surface area contributed by atoms with Crippen molar-refractivity contribution in [2.75, 3.05) is 6.61 Å².